The summed E-state index contributed by atoms with van der Waals surface area (Å²) in [4.78, 5) is 25.3. The van der Waals surface area contributed by atoms with Gasteiger partial charge in [0.25, 0.3) is 10.1 Å². The lowest BCUT2D eigenvalue weighted by molar-refractivity contribution is -0.297. The Morgan fingerprint density at radius 3 is 1.48 bits per heavy atom. The van der Waals surface area contributed by atoms with Gasteiger partial charge in [0.1, 0.15) is 36.8 Å². The average molecular weight is 821 g/mol. The molecule has 4 N–H and O–H groups in total. The van der Waals surface area contributed by atoms with E-state index in [0.717, 1.165) is 51.4 Å². The lowest BCUT2D eigenvalue weighted by atomic mass is 10.00. The molecule has 330 valence electrons. The molecule has 13 heteroatoms. The molecule has 0 aliphatic carbocycles. The van der Waals surface area contributed by atoms with Gasteiger partial charge in [0.05, 0.1) is 6.61 Å². The van der Waals surface area contributed by atoms with E-state index in [0.29, 0.717) is 12.8 Å². The van der Waals surface area contributed by atoms with Gasteiger partial charge in [0.2, 0.25) is 0 Å². The van der Waals surface area contributed by atoms with E-state index in [1.54, 1.807) is 0 Å². The Morgan fingerprint density at radius 2 is 1.02 bits per heavy atom. The Balaban J connectivity index is 2.44. The number of aliphatic hydroxyl groups is 3. The van der Waals surface area contributed by atoms with Gasteiger partial charge in [-0.05, 0) is 38.5 Å². The Labute approximate surface area is 339 Å². The lowest BCUT2D eigenvalue weighted by Gasteiger charge is -2.40. The second kappa shape index (κ2) is 34.3. The summed E-state index contributed by atoms with van der Waals surface area (Å²) in [6, 6.07) is 0. The van der Waals surface area contributed by atoms with Crippen molar-refractivity contribution in [3.8, 4) is 0 Å². The summed E-state index contributed by atoms with van der Waals surface area (Å²) in [6.45, 7) is 3.74. The lowest BCUT2D eigenvalue weighted by Crippen LogP contribution is -2.60. The number of hydrogen-bond acceptors (Lipinski definition) is 11. The molecule has 56 heavy (non-hydrogen) atoms. The van der Waals surface area contributed by atoms with Crippen LogP contribution in [0.15, 0.2) is 12.2 Å². The topological polar surface area (TPSA) is 186 Å². The van der Waals surface area contributed by atoms with Gasteiger partial charge < -0.3 is 34.3 Å². The largest absolute Gasteiger partial charge is 0.462 e. The predicted octanol–water partition coefficient (Wildman–Crippen LogP) is 8.67. The zero-order chi connectivity index (χ0) is 41.3. The minimum atomic E-state index is -4.60. The van der Waals surface area contributed by atoms with Crippen molar-refractivity contribution in [2.24, 2.45) is 0 Å². The van der Waals surface area contributed by atoms with Crippen molar-refractivity contribution >= 4 is 22.1 Å². The summed E-state index contributed by atoms with van der Waals surface area (Å²) in [6.07, 6.45) is 25.4. The first-order valence-corrected chi connectivity index (χ1v) is 23.9. The highest BCUT2D eigenvalue weighted by Crippen LogP contribution is 2.24. The fourth-order valence-electron chi connectivity index (χ4n) is 6.85. The van der Waals surface area contributed by atoms with Crippen LogP contribution in [0.25, 0.3) is 0 Å². The van der Waals surface area contributed by atoms with E-state index in [4.69, 9.17) is 18.9 Å². The first kappa shape index (κ1) is 52.4. The molecule has 0 aromatic heterocycles. The maximum Gasteiger partial charge on any atom is 0.306 e. The maximum absolute atomic E-state index is 12.8. The summed E-state index contributed by atoms with van der Waals surface area (Å²) < 4.78 is 54.0. The molecule has 1 heterocycles. The summed E-state index contributed by atoms with van der Waals surface area (Å²) in [7, 11) is -4.60. The Bertz CT molecular complexity index is 1100. The van der Waals surface area contributed by atoms with Crippen LogP contribution in [0.3, 0.4) is 0 Å². The van der Waals surface area contributed by atoms with Gasteiger partial charge in [-0.3, -0.25) is 14.1 Å². The van der Waals surface area contributed by atoms with E-state index < -0.39 is 71.2 Å². The van der Waals surface area contributed by atoms with Crippen LogP contribution in [0, 0.1) is 0 Å². The van der Waals surface area contributed by atoms with E-state index in [1.165, 1.54) is 103 Å². The zero-order valence-corrected chi connectivity index (χ0v) is 35.8. The molecule has 0 saturated carbocycles. The number of allylic oxidation sites excluding steroid dienone is 2. The van der Waals surface area contributed by atoms with Crippen molar-refractivity contribution in [3.63, 3.8) is 0 Å². The Kier molecular flexibility index (Phi) is 32.1. The number of ether oxygens (including phenoxy) is 4. The highest BCUT2D eigenvalue weighted by molar-refractivity contribution is 7.85. The molecule has 1 rings (SSSR count). The van der Waals surface area contributed by atoms with Gasteiger partial charge in [-0.2, -0.15) is 8.42 Å². The molecule has 0 radical (unpaired) electrons. The van der Waals surface area contributed by atoms with Crippen LogP contribution in [-0.4, -0.2) is 96.0 Å². The molecule has 1 fully saturated rings. The van der Waals surface area contributed by atoms with Gasteiger partial charge in [0, 0.05) is 12.8 Å². The minimum Gasteiger partial charge on any atom is -0.462 e. The molecule has 0 amide bonds. The van der Waals surface area contributed by atoms with Crippen LogP contribution in [0.2, 0.25) is 0 Å². The molecule has 0 bridgehead atoms. The number of carbonyl (C=O) groups is 2. The molecule has 1 aliphatic rings. The van der Waals surface area contributed by atoms with E-state index in [9.17, 15) is 37.9 Å². The number of hydrogen-bond donors (Lipinski definition) is 4. The maximum atomic E-state index is 12.8. The second-order valence-electron chi connectivity index (χ2n) is 15.7. The Hall–Kier alpha value is -1.61. The number of aliphatic hydroxyl groups excluding tert-OH is 3. The zero-order valence-electron chi connectivity index (χ0n) is 35.0. The van der Waals surface area contributed by atoms with Crippen molar-refractivity contribution in [2.45, 2.75) is 230 Å². The van der Waals surface area contributed by atoms with Crippen molar-refractivity contribution in [1.82, 2.24) is 0 Å². The monoisotopic (exact) mass is 821 g/mol. The fourth-order valence-corrected chi connectivity index (χ4v) is 7.54. The molecule has 0 aromatic rings. The van der Waals surface area contributed by atoms with E-state index in [1.807, 2.05) is 0 Å². The Morgan fingerprint density at radius 1 is 0.589 bits per heavy atom. The highest BCUT2D eigenvalue weighted by atomic mass is 32.2. The number of rotatable bonds is 37. The molecule has 12 nitrogen and oxygen atoms in total. The van der Waals surface area contributed by atoms with Crippen molar-refractivity contribution in [1.29, 1.82) is 0 Å². The minimum absolute atomic E-state index is 0.163. The van der Waals surface area contributed by atoms with Crippen molar-refractivity contribution < 1.29 is 56.8 Å². The standard InChI is InChI=1S/C43H80O12S/c1-3-5-7-9-11-13-15-16-17-18-19-20-22-24-26-28-30-32-39(45)54-36(33-52-38(44)31-29-27-25-23-21-14-12-10-8-6-4-2)34-53-43-42(48)41(47)40(46)37(55-43)35-56(49,50)51/h16-17,36-37,40-43,46-48H,3-15,18-35H2,1-2H3,(H,49,50,51)/b17-16+/t36-,37-,40-,41?,42?,43+/m1/s1. The fraction of sp³-hybridized carbons (Fsp3) is 0.907. The van der Waals surface area contributed by atoms with Crippen LogP contribution in [-0.2, 0) is 38.7 Å². The molecular formula is C43H80O12S. The molecule has 1 saturated heterocycles. The molecule has 0 spiro atoms. The van der Waals surface area contributed by atoms with Crippen LogP contribution in [0.5, 0.6) is 0 Å². The molecule has 1 aliphatic heterocycles. The third-order valence-electron chi connectivity index (χ3n) is 10.3. The van der Waals surface area contributed by atoms with Gasteiger partial charge in [-0.25, -0.2) is 0 Å². The predicted molar refractivity (Wildman–Crippen MR) is 220 cm³/mol. The van der Waals surface area contributed by atoms with Gasteiger partial charge in [0.15, 0.2) is 12.4 Å². The van der Waals surface area contributed by atoms with Crippen molar-refractivity contribution in [3.05, 3.63) is 12.2 Å². The van der Waals surface area contributed by atoms with Crippen LogP contribution < -0.4 is 0 Å². The van der Waals surface area contributed by atoms with E-state index in [-0.39, 0.29) is 19.4 Å². The third kappa shape index (κ3) is 28.7. The SMILES string of the molecule is CCCCCCCC/C=C/CCCCCCCCCC(=O)O[C@H](COC(=O)CCCCCCCCCCCCC)CO[C@H]1O[C@H](CS(=O)(=O)O)[C@@H](O)C(O)C1O. The average Bonchev–Trinajstić information content (AvgIpc) is 3.16. The first-order valence-electron chi connectivity index (χ1n) is 22.2. The second-order valence-corrected chi connectivity index (χ2v) is 17.2. The summed E-state index contributed by atoms with van der Waals surface area (Å²) in [5.74, 6) is -1.98. The number of esters is 2. The smallest absolute Gasteiger partial charge is 0.306 e. The summed E-state index contributed by atoms with van der Waals surface area (Å²) >= 11 is 0. The first-order chi connectivity index (χ1) is 27.0. The normalized spacial score (nSPS) is 20.7. The van der Waals surface area contributed by atoms with Crippen LogP contribution >= 0.6 is 0 Å². The van der Waals surface area contributed by atoms with Crippen molar-refractivity contribution in [2.75, 3.05) is 19.0 Å². The van der Waals surface area contributed by atoms with E-state index >= 15 is 0 Å². The van der Waals surface area contributed by atoms with Crippen LogP contribution in [0.1, 0.15) is 194 Å². The van der Waals surface area contributed by atoms with Gasteiger partial charge in [-0.15, -0.1) is 0 Å². The quantitative estimate of drug-likeness (QED) is 0.0203. The molecule has 2 unspecified atom stereocenters. The summed E-state index contributed by atoms with van der Waals surface area (Å²) in [5.41, 5.74) is 0. The highest BCUT2D eigenvalue weighted by Gasteiger charge is 2.46. The van der Waals surface area contributed by atoms with Crippen LogP contribution in [0.4, 0.5) is 0 Å². The third-order valence-corrected chi connectivity index (χ3v) is 11.1. The van der Waals surface area contributed by atoms with Gasteiger partial charge >= 0.3 is 11.9 Å². The molecule has 6 atom stereocenters. The number of unbranched alkanes of at least 4 members (excludes halogenated alkanes) is 23. The molecule has 0 aromatic carbocycles. The summed E-state index contributed by atoms with van der Waals surface area (Å²) in [5, 5.41) is 30.8. The molecular weight excluding hydrogens is 741 g/mol. The number of carbonyl (C=O) groups excluding carboxylic acids is 2. The van der Waals surface area contributed by atoms with E-state index in [2.05, 4.69) is 26.0 Å². The van der Waals surface area contributed by atoms with Gasteiger partial charge in [-0.1, -0.05) is 154 Å².